The van der Waals surface area contributed by atoms with E-state index in [4.69, 9.17) is 16.9 Å². The number of hydrogen-bond donors (Lipinski definition) is 1. The fourth-order valence-corrected chi connectivity index (χ4v) is 2.32. The van der Waals surface area contributed by atoms with Crippen LogP contribution in [0.4, 0.5) is 5.69 Å². The number of aryl methyl sites for hydroxylation is 1. The first-order chi connectivity index (χ1) is 9.11. The molecule has 0 heterocycles. The predicted octanol–water partition coefficient (Wildman–Crippen LogP) is 4.69. The largest absolute Gasteiger partial charge is 0.377 e. The van der Waals surface area contributed by atoms with Crippen molar-refractivity contribution in [3.63, 3.8) is 0 Å². The van der Waals surface area contributed by atoms with E-state index in [1.54, 1.807) is 12.1 Å². The summed E-state index contributed by atoms with van der Waals surface area (Å²) in [5.74, 6) is 0. The van der Waals surface area contributed by atoms with Crippen molar-refractivity contribution in [2.45, 2.75) is 19.9 Å². The zero-order chi connectivity index (χ0) is 13.8. The van der Waals surface area contributed by atoms with Gasteiger partial charge in [0.1, 0.15) is 0 Å². The molecule has 1 atom stereocenters. The Morgan fingerprint density at radius 1 is 1.21 bits per heavy atom. The lowest BCUT2D eigenvalue weighted by Crippen LogP contribution is -2.08. The van der Waals surface area contributed by atoms with Crippen LogP contribution in [0.15, 0.2) is 42.5 Å². The molecule has 3 heteroatoms. The van der Waals surface area contributed by atoms with Gasteiger partial charge in [-0.05, 0) is 43.2 Å². The molecule has 2 aromatic rings. The summed E-state index contributed by atoms with van der Waals surface area (Å²) in [6.45, 7) is 4.19. The fourth-order valence-electron chi connectivity index (χ4n) is 2.09. The second kappa shape index (κ2) is 5.77. The van der Waals surface area contributed by atoms with E-state index in [0.717, 1.165) is 5.69 Å². The molecule has 2 aromatic carbocycles. The van der Waals surface area contributed by atoms with E-state index in [1.807, 2.05) is 18.2 Å². The van der Waals surface area contributed by atoms with Gasteiger partial charge in [-0.2, -0.15) is 5.26 Å². The van der Waals surface area contributed by atoms with Crippen LogP contribution in [0.5, 0.6) is 0 Å². The van der Waals surface area contributed by atoms with Crippen LogP contribution >= 0.6 is 11.6 Å². The minimum absolute atomic E-state index is 0.159. The number of hydrogen-bond acceptors (Lipinski definition) is 2. The summed E-state index contributed by atoms with van der Waals surface area (Å²) in [6.07, 6.45) is 0. The second-order valence-electron chi connectivity index (χ2n) is 4.53. The molecular formula is C16H15ClN2. The van der Waals surface area contributed by atoms with Gasteiger partial charge in [0.2, 0.25) is 0 Å². The Balaban J connectivity index is 2.22. The van der Waals surface area contributed by atoms with E-state index >= 15 is 0 Å². The monoisotopic (exact) mass is 270 g/mol. The van der Waals surface area contributed by atoms with Gasteiger partial charge in [0.05, 0.1) is 22.3 Å². The lowest BCUT2D eigenvalue weighted by molar-refractivity contribution is 0.874. The van der Waals surface area contributed by atoms with Gasteiger partial charge >= 0.3 is 0 Å². The third-order valence-electron chi connectivity index (χ3n) is 3.13. The summed E-state index contributed by atoms with van der Waals surface area (Å²) >= 11 is 6.17. The van der Waals surface area contributed by atoms with Crippen LogP contribution in [0.3, 0.4) is 0 Å². The Morgan fingerprint density at radius 2 is 1.95 bits per heavy atom. The quantitative estimate of drug-likeness (QED) is 0.878. The first-order valence-electron chi connectivity index (χ1n) is 6.13. The highest BCUT2D eigenvalue weighted by molar-refractivity contribution is 6.33. The zero-order valence-electron chi connectivity index (χ0n) is 10.9. The molecule has 1 unspecified atom stereocenters. The molecule has 0 aliphatic carbocycles. The smallest absolute Gasteiger partial charge is 0.0992 e. The van der Waals surface area contributed by atoms with Crippen molar-refractivity contribution < 1.29 is 0 Å². The zero-order valence-corrected chi connectivity index (χ0v) is 11.7. The van der Waals surface area contributed by atoms with Gasteiger partial charge < -0.3 is 5.32 Å². The normalized spacial score (nSPS) is 11.7. The van der Waals surface area contributed by atoms with Crippen LogP contribution in [0.1, 0.15) is 29.7 Å². The van der Waals surface area contributed by atoms with Gasteiger partial charge in [-0.25, -0.2) is 0 Å². The van der Waals surface area contributed by atoms with Crippen molar-refractivity contribution in [3.05, 3.63) is 64.2 Å². The molecule has 0 saturated heterocycles. The fraction of sp³-hybridized carbons (Fsp3) is 0.188. The molecule has 2 nitrogen and oxygen atoms in total. The number of benzene rings is 2. The van der Waals surface area contributed by atoms with Gasteiger partial charge in [0, 0.05) is 6.04 Å². The minimum atomic E-state index is 0.159. The van der Waals surface area contributed by atoms with Crippen molar-refractivity contribution in [2.75, 3.05) is 5.32 Å². The molecule has 0 spiro atoms. The molecule has 0 radical (unpaired) electrons. The van der Waals surface area contributed by atoms with Crippen molar-refractivity contribution in [1.82, 2.24) is 0 Å². The van der Waals surface area contributed by atoms with Gasteiger partial charge in [0.25, 0.3) is 0 Å². The highest BCUT2D eigenvalue weighted by atomic mass is 35.5. The van der Waals surface area contributed by atoms with Crippen LogP contribution in [0, 0.1) is 18.3 Å². The Hall–Kier alpha value is -1.98. The Morgan fingerprint density at radius 3 is 2.58 bits per heavy atom. The Kier molecular flexibility index (Phi) is 4.09. The second-order valence-corrected chi connectivity index (χ2v) is 4.94. The molecule has 0 amide bonds. The van der Waals surface area contributed by atoms with E-state index in [2.05, 4.69) is 37.4 Å². The molecule has 1 N–H and O–H groups in total. The number of halogens is 1. The van der Waals surface area contributed by atoms with Gasteiger partial charge in [-0.15, -0.1) is 0 Å². The number of anilines is 1. The molecule has 0 fully saturated rings. The van der Waals surface area contributed by atoms with E-state index < -0.39 is 0 Å². The minimum Gasteiger partial charge on any atom is -0.377 e. The van der Waals surface area contributed by atoms with E-state index in [1.165, 1.54) is 11.1 Å². The molecule has 0 aliphatic rings. The summed E-state index contributed by atoms with van der Waals surface area (Å²) in [7, 11) is 0. The molecule has 19 heavy (non-hydrogen) atoms. The van der Waals surface area contributed by atoms with Crippen LogP contribution in [0.25, 0.3) is 0 Å². The lowest BCUT2D eigenvalue weighted by Gasteiger charge is -2.18. The number of nitrogens with one attached hydrogen (secondary N) is 1. The van der Waals surface area contributed by atoms with E-state index in [0.29, 0.717) is 10.6 Å². The van der Waals surface area contributed by atoms with E-state index in [-0.39, 0.29) is 6.04 Å². The summed E-state index contributed by atoms with van der Waals surface area (Å²) in [5, 5.41) is 12.8. The third kappa shape index (κ3) is 3.07. The highest BCUT2D eigenvalue weighted by Crippen LogP contribution is 2.28. The SMILES string of the molecule is Cc1ccccc1C(C)Nc1ccc(C#N)cc1Cl. The maximum absolute atomic E-state index is 8.82. The summed E-state index contributed by atoms with van der Waals surface area (Å²) < 4.78 is 0. The summed E-state index contributed by atoms with van der Waals surface area (Å²) in [4.78, 5) is 0. The highest BCUT2D eigenvalue weighted by Gasteiger charge is 2.09. The molecule has 0 aliphatic heterocycles. The maximum Gasteiger partial charge on any atom is 0.0992 e. The van der Waals surface area contributed by atoms with E-state index in [9.17, 15) is 0 Å². The Bertz CT molecular complexity index is 629. The molecular weight excluding hydrogens is 256 g/mol. The first kappa shape index (κ1) is 13.5. The van der Waals surface area contributed by atoms with Crippen molar-refractivity contribution in [2.24, 2.45) is 0 Å². The molecule has 0 bridgehead atoms. The summed E-state index contributed by atoms with van der Waals surface area (Å²) in [6, 6.07) is 15.8. The molecule has 0 aromatic heterocycles. The van der Waals surface area contributed by atoms with Crippen LogP contribution in [-0.2, 0) is 0 Å². The molecule has 0 saturated carbocycles. The van der Waals surface area contributed by atoms with Gasteiger partial charge in [-0.3, -0.25) is 0 Å². The molecule has 2 rings (SSSR count). The first-order valence-corrected chi connectivity index (χ1v) is 6.51. The predicted molar refractivity (Wildman–Crippen MR) is 79.4 cm³/mol. The topological polar surface area (TPSA) is 35.8 Å². The number of nitriles is 1. The Labute approximate surface area is 118 Å². The maximum atomic E-state index is 8.82. The van der Waals surface area contributed by atoms with Crippen LogP contribution in [-0.4, -0.2) is 0 Å². The van der Waals surface area contributed by atoms with Crippen LogP contribution < -0.4 is 5.32 Å². The molecule has 96 valence electrons. The third-order valence-corrected chi connectivity index (χ3v) is 3.44. The number of nitrogens with zero attached hydrogens (tertiary/aromatic N) is 1. The van der Waals surface area contributed by atoms with Crippen molar-refractivity contribution >= 4 is 17.3 Å². The van der Waals surface area contributed by atoms with Gasteiger partial charge in [0.15, 0.2) is 0 Å². The van der Waals surface area contributed by atoms with Crippen molar-refractivity contribution in [1.29, 1.82) is 5.26 Å². The average Bonchev–Trinajstić information content (AvgIpc) is 2.41. The lowest BCUT2D eigenvalue weighted by atomic mass is 10.0. The van der Waals surface area contributed by atoms with Crippen LogP contribution in [0.2, 0.25) is 5.02 Å². The number of rotatable bonds is 3. The standard InChI is InChI=1S/C16H15ClN2/c1-11-5-3-4-6-14(11)12(2)19-16-8-7-13(10-18)9-15(16)17/h3-9,12,19H,1-2H3. The van der Waals surface area contributed by atoms with Crippen molar-refractivity contribution in [3.8, 4) is 6.07 Å². The summed E-state index contributed by atoms with van der Waals surface area (Å²) in [5.41, 5.74) is 3.89. The van der Waals surface area contributed by atoms with Gasteiger partial charge in [-0.1, -0.05) is 35.9 Å². The average molecular weight is 271 g/mol.